The first-order chi connectivity index (χ1) is 9.71. The molecule has 4 nitrogen and oxygen atoms in total. The summed E-state index contributed by atoms with van der Waals surface area (Å²) in [4.78, 5) is 16.1. The normalized spacial score (nSPS) is 17.8. The highest BCUT2D eigenvalue weighted by Gasteiger charge is 2.40. The fourth-order valence-corrected chi connectivity index (χ4v) is 2.99. The molecule has 0 atom stereocenters. The van der Waals surface area contributed by atoms with Crippen LogP contribution >= 0.6 is 0 Å². The summed E-state index contributed by atoms with van der Waals surface area (Å²) in [5.41, 5.74) is -0.866. The number of carboxylic acid groups (broad SMARTS) is 1. The topological polar surface area (TPSA) is 62.2 Å². The fourth-order valence-electron chi connectivity index (χ4n) is 2.99. The van der Waals surface area contributed by atoms with Crippen LogP contribution in [0.15, 0.2) is 36.5 Å². The van der Waals surface area contributed by atoms with E-state index >= 15 is 0 Å². The smallest absolute Gasteiger partial charge is 0.329 e. The van der Waals surface area contributed by atoms with Gasteiger partial charge in [-0.05, 0) is 24.3 Å². The Bertz CT molecular complexity index is 628. The van der Waals surface area contributed by atoms with Crippen LogP contribution in [0.1, 0.15) is 32.1 Å². The average Bonchev–Trinajstić information content (AvgIpc) is 2.48. The molecule has 1 aromatic carbocycles. The summed E-state index contributed by atoms with van der Waals surface area (Å²) in [5, 5.41) is 14.9. The minimum absolute atomic E-state index is 0.660. The van der Waals surface area contributed by atoms with Crippen LogP contribution in [-0.2, 0) is 4.79 Å². The van der Waals surface area contributed by atoms with E-state index in [4.69, 9.17) is 0 Å². The molecule has 0 saturated heterocycles. The van der Waals surface area contributed by atoms with Gasteiger partial charge < -0.3 is 10.4 Å². The van der Waals surface area contributed by atoms with E-state index in [1.807, 2.05) is 30.3 Å². The van der Waals surface area contributed by atoms with Crippen molar-refractivity contribution in [2.45, 2.75) is 37.6 Å². The second kappa shape index (κ2) is 5.12. The predicted molar refractivity (Wildman–Crippen MR) is 78.8 cm³/mol. The molecule has 0 bridgehead atoms. The molecular formula is C16H18N2O2. The maximum Gasteiger partial charge on any atom is 0.329 e. The van der Waals surface area contributed by atoms with E-state index in [1.165, 1.54) is 0 Å². The molecule has 0 spiro atoms. The molecule has 0 amide bonds. The summed E-state index contributed by atoms with van der Waals surface area (Å²) in [5.74, 6) is -0.0978. The highest BCUT2D eigenvalue weighted by atomic mass is 16.4. The van der Waals surface area contributed by atoms with Crippen LogP contribution in [-0.4, -0.2) is 21.6 Å². The summed E-state index contributed by atoms with van der Waals surface area (Å²) in [6, 6.07) is 9.84. The number of rotatable bonds is 3. The SMILES string of the molecule is O=C(O)C1(Nc2nccc3ccccc23)CCCCC1. The molecule has 1 aromatic heterocycles. The van der Waals surface area contributed by atoms with Gasteiger partial charge in [0.25, 0.3) is 0 Å². The highest BCUT2D eigenvalue weighted by molar-refractivity contribution is 5.94. The van der Waals surface area contributed by atoms with Crippen LogP contribution in [0, 0.1) is 0 Å². The largest absolute Gasteiger partial charge is 0.480 e. The van der Waals surface area contributed by atoms with Crippen molar-refractivity contribution in [2.75, 3.05) is 5.32 Å². The summed E-state index contributed by atoms with van der Waals surface area (Å²) in [6.45, 7) is 0. The molecule has 104 valence electrons. The molecule has 1 aliphatic carbocycles. The number of hydrogen-bond donors (Lipinski definition) is 2. The second-order valence-electron chi connectivity index (χ2n) is 5.45. The number of pyridine rings is 1. The molecule has 2 aromatic rings. The summed E-state index contributed by atoms with van der Waals surface area (Å²) in [7, 11) is 0. The zero-order valence-corrected chi connectivity index (χ0v) is 11.3. The first-order valence-electron chi connectivity index (χ1n) is 7.07. The number of carbonyl (C=O) groups is 1. The Morgan fingerprint density at radius 3 is 2.65 bits per heavy atom. The predicted octanol–water partition coefficient (Wildman–Crippen LogP) is 3.43. The lowest BCUT2D eigenvalue weighted by Gasteiger charge is -2.34. The van der Waals surface area contributed by atoms with Crippen LogP contribution in [0.2, 0.25) is 0 Å². The van der Waals surface area contributed by atoms with E-state index in [2.05, 4.69) is 10.3 Å². The molecule has 1 heterocycles. The van der Waals surface area contributed by atoms with Crippen LogP contribution in [0.25, 0.3) is 10.8 Å². The van der Waals surface area contributed by atoms with Gasteiger partial charge in [0.05, 0.1) is 0 Å². The Labute approximate surface area is 117 Å². The van der Waals surface area contributed by atoms with Crippen LogP contribution in [0.4, 0.5) is 5.82 Å². The van der Waals surface area contributed by atoms with E-state index in [9.17, 15) is 9.90 Å². The molecule has 0 aliphatic heterocycles. The number of fused-ring (bicyclic) bond motifs is 1. The Balaban J connectivity index is 2.00. The maximum atomic E-state index is 11.7. The maximum absolute atomic E-state index is 11.7. The van der Waals surface area contributed by atoms with E-state index in [0.717, 1.165) is 30.0 Å². The number of nitrogens with zero attached hydrogens (tertiary/aromatic N) is 1. The molecule has 3 rings (SSSR count). The number of anilines is 1. The molecular weight excluding hydrogens is 252 g/mol. The first kappa shape index (κ1) is 12.9. The lowest BCUT2D eigenvalue weighted by molar-refractivity contribution is -0.143. The Kier molecular flexibility index (Phi) is 3.30. The number of benzene rings is 1. The quantitative estimate of drug-likeness (QED) is 0.897. The van der Waals surface area contributed by atoms with Gasteiger partial charge in [0.15, 0.2) is 0 Å². The summed E-state index contributed by atoms with van der Waals surface area (Å²) < 4.78 is 0. The first-order valence-corrected chi connectivity index (χ1v) is 7.07. The number of carboxylic acids is 1. The zero-order chi connectivity index (χ0) is 14.0. The van der Waals surface area contributed by atoms with Gasteiger partial charge in [0.1, 0.15) is 11.4 Å². The molecule has 2 N–H and O–H groups in total. The standard InChI is InChI=1S/C16H18N2O2/c19-15(20)16(9-4-1-5-10-16)18-14-13-7-3-2-6-12(13)8-11-17-14/h2-3,6-8,11H,1,4-5,9-10H2,(H,17,18)(H,19,20). The zero-order valence-electron chi connectivity index (χ0n) is 11.3. The number of aliphatic carboxylic acids is 1. The van der Waals surface area contributed by atoms with Crippen molar-refractivity contribution in [1.29, 1.82) is 0 Å². The van der Waals surface area contributed by atoms with Crippen molar-refractivity contribution in [3.8, 4) is 0 Å². The Morgan fingerprint density at radius 1 is 1.15 bits per heavy atom. The molecule has 20 heavy (non-hydrogen) atoms. The van der Waals surface area contributed by atoms with Crippen molar-refractivity contribution in [2.24, 2.45) is 0 Å². The number of nitrogens with one attached hydrogen (secondary N) is 1. The second-order valence-corrected chi connectivity index (χ2v) is 5.45. The molecule has 0 radical (unpaired) electrons. The monoisotopic (exact) mass is 270 g/mol. The average molecular weight is 270 g/mol. The van der Waals surface area contributed by atoms with Crippen molar-refractivity contribution < 1.29 is 9.90 Å². The van der Waals surface area contributed by atoms with Crippen molar-refractivity contribution in [1.82, 2.24) is 4.98 Å². The van der Waals surface area contributed by atoms with Gasteiger partial charge in [-0.3, -0.25) is 0 Å². The van der Waals surface area contributed by atoms with Gasteiger partial charge in [-0.2, -0.15) is 0 Å². The molecule has 0 unspecified atom stereocenters. The van der Waals surface area contributed by atoms with Crippen molar-refractivity contribution in [3.05, 3.63) is 36.5 Å². The van der Waals surface area contributed by atoms with E-state index in [0.29, 0.717) is 18.7 Å². The highest BCUT2D eigenvalue weighted by Crippen LogP contribution is 2.33. The van der Waals surface area contributed by atoms with Gasteiger partial charge >= 0.3 is 5.97 Å². The van der Waals surface area contributed by atoms with E-state index < -0.39 is 11.5 Å². The van der Waals surface area contributed by atoms with E-state index in [1.54, 1.807) is 6.20 Å². The van der Waals surface area contributed by atoms with Crippen molar-refractivity contribution >= 4 is 22.6 Å². The third-order valence-corrected chi connectivity index (χ3v) is 4.15. The Morgan fingerprint density at radius 2 is 1.90 bits per heavy atom. The van der Waals surface area contributed by atoms with Crippen LogP contribution in [0.3, 0.4) is 0 Å². The number of aromatic nitrogens is 1. The lowest BCUT2D eigenvalue weighted by Crippen LogP contribution is -2.48. The van der Waals surface area contributed by atoms with Gasteiger partial charge in [0.2, 0.25) is 0 Å². The van der Waals surface area contributed by atoms with Crippen molar-refractivity contribution in [3.63, 3.8) is 0 Å². The third kappa shape index (κ3) is 2.22. The number of hydrogen-bond acceptors (Lipinski definition) is 3. The minimum atomic E-state index is -0.866. The third-order valence-electron chi connectivity index (χ3n) is 4.15. The van der Waals surface area contributed by atoms with Crippen LogP contribution in [0.5, 0.6) is 0 Å². The van der Waals surface area contributed by atoms with Crippen LogP contribution < -0.4 is 5.32 Å². The van der Waals surface area contributed by atoms with Gasteiger partial charge in [-0.25, -0.2) is 9.78 Å². The minimum Gasteiger partial charge on any atom is -0.480 e. The summed E-state index contributed by atoms with van der Waals surface area (Å²) >= 11 is 0. The van der Waals surface area contributed by atoms with Gasteiger partial charge in [-0.15, -0.1) is 0 Å². The van der Waals surface area contributed by atoms with E-state index in [-0.39, 0.29) is 0 Å². The molecule has 1 fully saturated rings. The fraction of sp³-hybridized carbons (Fsp3) is 0.375. The van der Waals surface area contributed by atoms with Gasteiger partial charge in [0, 0.05) is 11.6 Å². The summed E-state index contributed by atoms with van der Waals surface area (Å²) in [6.07, 6.45) is 6.05. The lowest BCUT2D eigenvalue weighted by atomic mass is 9.81. The molecule has 1 saturated carbocycles. The Hall–Kier alpha value is -2.10. The molecule has 1 aliphatic rings. The molecule has 4 heteroatoms. The van der Waals surface area contributed by atoms with Gasteiger partial charge in [-0.1, -0.05) is 43.5 Å².